The highest BCUT2D eigenvalue weighted by Gasteiger charge is 2.20. The molecule has 0 radical (unpaired) electrons. The third kappa shape index (κ3) is 5.06. The van der Waals surface area contributed by atoms with Crippen molar-refractivity contribution in [2.75, 3.05) is 0 Å². The van der Waals surface area contributed by atoms with Crippen LogP contribution in [-0.2, 0) is 10.2 Å². The average molecular weight is 190 g/mol. The molecule has 2 nitrogen and oxygen atoms in total. The smallest absolute Gasteiger partial charge is 0.211 e. The molecule has 0 saturated carbocycles. The summed E-state index contributed by atoms with van der Waals surface area (Å²) in [5.74, 6) is 0. The van der Waals surface area contributed by atoms with Gasteiger partial charge in [-0.05, 0) is 13.3 Å². The van der Waals surface area contributed by atoms with Crippen LogP contribution in [0, 0.1) is 0 Å². The number of rotatable bonds is 4. The first-order valence-electron chi connectivity index (χ1n) is 3.05. The summed E-state index contributed by atoms with van der Waals surface area (Å²) >= 11 is 0. The van der Waals surface area contributed by atoms with E-state index >= 15 is 0 Å². The molecule has 0 N–H and O–H groups in total. The van der Waals surface area contributed by atoms with Gasteiger partial charge in [0.1, 0.15) is 0 Å². The zero-order chi connectivity index (χ0) is 9.07. The van der Waals surface area contributed by atoms with Gasteiger partial charge in [-0.1, -0.05) is 0 Å². The van der Waals surface area contributed by atoms with Crippen molar-refractivity contribution in [2.24, 2.45) is 0 Å². The number of hydrogen-bond acceptors (Lipinski definition) is 2. The van der Waals surface area contributed by atoms with Crippen LogP contribution in [0.2, 0.25) is 0 Å². The van der Waals surface area contributed by atoms with Crippen LogP contribution in [-0.4, -0.2) is 20.1 Å². The average Bonchev–Trinajstić information content (AvgIpc) is 1.80. The minimum absolute atomic E-state index is 0.337. The SMILES string of the molecule is CC(CCC(F)F)S(=O)(=O)F. The Bertz CT molecular complexity index is 200. The molecule has 0 aromatic rings. The molecular formula is C5H9F3O2S. The van der Waals surface area contributed by atoms with Crippen LogP contribution < -0.4 is 0 Å². The van der Waals surface area contributed by atoms with E-state index in [1.807, 2.05) is 0 Å². The molecule has 0 aliphatic rings. The zero-order valence-corrected chi connectivity index (χ0v) is 6.74. The lowest BCUT2D eigenvalue weighted by atomic mass is 10.2. The first-order chi connectivity index (χ1) is 4.84. The summed E-state index contributed by atoms with van der Waals surface area (Å²) in [6.45, 7) is 1.07. The van der Waals surface area contributed by atoms with Crippen LogP contribution in [0.25, 0.3) is 0 Å². The van der Waals surface area contributed by atoms with Crippen molar-refractivity contribution in [3.8, 4) is 0 Å². The molecule has 0 rings (SSSR count). The van der Waals surface area contributed by atoms with Gasteiger partial charge in [-0.2, -0.15) is 8.42 Å². The third-order valence-corrected chi connectivity index (χ3v) is 2.47. The van der Waals surface area contributed by atoms with Gasteiger partial charge in [0.15, 0.2) is 0 Å². The number of halogens is 3. The van der Waals surface area contributed by atoms with E-state index < -0.39 is 28.3 Å². The van der Waals surface area contributed by atoms with Gasteiger partial charge in [0, 0.05) is 6.42 Å². The molecule has 0 aromatic carbocycles. The van der Waals surface area contributed by atoms with E-state index in [4.69, 9.17) is 0 Å². The summed E-state index contributed by atoms with van der Waals surface area (Å²) in [5, 5.41) is -1.32. The Morgan fingerprint density at radius 2 is 1.73 bits per heavy atom. The van der Waals surface area contributed by atoms with E-state index in [0.29, 0.717) is 0 Å². The minimum atomic E-state index is -4.63. The highest BCUT2D eigenvalue weighted by atomic mass is 32.3. The molecule has 0 aromatic heterocycles. The molecular weight excluding hydrogens is 181 g/mol. The largest absolute Gasteiger partial charge is 0.305 e. The fourth-order valence-electron chi connectivity index (χ4n) is 0.501. The van der Waals surface area contributed by atoms with Crippen molar-refractivity contribution in [1.82, 2.24) is 0 Å². The normalized spacial score (nSPS) is 15.4. The van der Waals surface area contributed by atoms with Crippen molar-refractivity contribution in [1.29, 1.82) is 0 Å². The van der Waals surface area contributed by atoms with Crippen molar-refractivity contribution < 1.29 is 21.1 Å². The lowest BCUT2D eigenvalue weighted by Crippen LogP contribution is -2.13. The monoisotopic (exact) mass is 190 g/mol. The molecule has 0 fully saturated rings. The fraction of sp³-hybridized carbons (Fsp3) is 1.00. The molecule has 0 bridgehead atoms. The fourth-order valence-corrected chi connectivity index (χ4v) is 0.919. The molecule has 0 heterocycles. The van der Waals surface area contributed by atoms with E-state index in [9.17, 15) is 21.1 Å². The predicted molar refractivity (Wildman–Crippen MR) is 34.7 cm³/mol. The topological polar surface area (TPSA) is 34.1 Å². The van der Waals surface area contributed by atoms with Crippen LogP contribution >= 0.6 is 0 Å². The standard InChI is InChI=1S/C5H9F3O2S/c1-4(11(8,9)10)2-3-5(6)7/h4-5H,2-3H2,1H3. The zero-order valence-electron chi connectivity index (χ0n) is 5.93. The van der Waals surface area contributed by atoms with Crippen LogP contribution in [0.3, 0.4) is 0 Å². The molecule has 0 aliphatic carbocycles. The summed E-state index contributed by atoms with van der Waals surface area (Å²) in [4.78, 5) is 0. The second-order valence-corrected chi connectivity index (χ2v) is 4.01. The van der Waals surface area contributed by atoms with Gasteiger partial charge in [-0.3, -0.25) is 0 Å². The Morgan fingerprint density at radius 3 is 2.00 bits per heavy atom. The van der Waals surface area contributed by atoms with Gasteiger partial charge in [0.2, 0.25) is 6.43 Å². The Kier molecular flexibility index (Phi) is 3.85. The first kappa shape index (κ1) is 10.7. The molecule has 1 unspecified atom stereocenters. The molecule has 68 valence electrons. The number of alkyl halides is 2. The van der Waals surface area contributed by atoms with Crippen LogP contribution in [0.1, 0.15) is 19.8 Å². The van der Waals surface area contributed by atoms with Gasteiger partial charge < -0.3 is 0 Å². The number of hydrogen-bond donors (Lipinski definition) is 0. The molecule has 0 saturated heterocycles. The van der Waals surface area contributed by atoms with Gasteiger partial charge in [-0.15, -0.1) is 3.89 Å². The minimum Gasteiger partial charge on any atom is -0.211 e. The highest BCUT2D eigenvalue weighted by Crippen LogP contribution is 2.13. The van der Waals surface area contributed by atoms with Gasteiger partial charge in [-0.25, -0.2) is 8.78 Å². The van der Waals surface area contributed by atoms with E-state index in [0.717, 1.165) is 6.92 Å². The summed E-state index contributed by atoms with van der Waals surface area (Å²) < 4.78 is 55.0. The predicted octanol–water partition coefficient (Wildman–Crippen LogP) is 1.72. The Morgan fingerprint density at radius 1 is 1.27 bits per heavy atom. The van der Waals surface area contributed by atoms with Crippen molar-refractivity contribution in [3.05, 3.63) is 0 Å². The molecule has 1 atom stereocenters. The Labute approximate surface area is 63.6 Å². The van der Waals surface area contributed by atoms with Crippen LogP contribution in [0.5, 0.6) is 0 Å². The second kappa shape index (κ2) is 3.94. The summed E-state index contributed by atoms with van der Waals surface area (Å²) in [7, 11) is -4.63. The molecule has 11 heavy (non-hydrogen) atoms. The summed E-state index contributed by atoms with van der Waals surface area (Å²) in [6.07, 6.45) is -3.49. The van der Waals surface area contributed by atoms with Crippen molar-refractivity contribution in [3.63, 3.8) is 0 Å². The molecule has 6 heteroatoms. The summed E-state index contributed by atoms with van der Waals surface area (Å²) in [6, 6.07) is 0. The van der Waals surface area contributed by atoms with Gasteiger partial charge in [0.25, 0.3) is 0 Å². The van der Waals surface area contributed by atoms with E-state index in [-0.39, 0.29) is 6.42 Å². The van der Waals surface area contributed by atoms with E-state index in [1.165, 1.54) is 0 Å². The lowest BCUT2D eigenvalue weighted by molar-refractivity contribution is 0.134. The maximum Gasteiger partial charge on any atom is 0.305 e. The van der Waals surface area contributed by atoms with Gasteiger partial charge in [0.05, 0.1) is 5.25 Å². The maximum absolute atomic E-state index is 12.0. The van der Waals surface area contributed by atoms with Crippen molar-refractivity contribution in [2.45, 2.75) is 31.4 Å². The van der Waals surface area contributed by atoms with E-state index in [2.05, 4.69) is 0 Å². The Hall–Kier alpha value is -0.260. The lowest BCUT2D eigenvalue weighted by Gasteiger charge is -2.04. The quantitative estimate of drug-likeness (QED) is 0.632. The second-order valence-electron chi connectivity index (χ2n) is 2.25. The summed E-state index contributed by atoms with van der Waals surface area (Å²) in [5.41, 5.74) is 0. The van der Waals surface area contributed by atoms with E-state index in [1.54, 1.807) is 0 Å². The van der Waals surface area contributed by atoms with Crippen LogP contribution in [0.15, 0.2) is 0 Å². The van der Waals surface area contributed by atoms with Gasteiger partial charge >= 0.3 is 10.2 Å². The highest BCUT2D eigenvalue weighted by molar-refractivity contribution is 7.86. The third-order valence-electron chi connectivity index (χ3n) is 1.27. The molecule has 0 spiro atoms. The molecule has 0 amide bonds. The molecule has 0 aliphatic heterocycles. The first-order valence-corrected chi connectivity index (χ1v) is 4.50. The van der Waals surface area contributed by atoms with Crippen LogP contribution in [0.4, 0.5) is 12.7 Å². The maximum atomic E-state index is 12.0. The Balaban J connectivity index is 3.81. The van der Waals surface area contributed by atoms with Crippen molar-refractivity contribution >= 4 is 10.2 Å².